The molecule has 0 aromatic heterocycles. The van der Waals surface area contributed by atoms with Crippen LogP contribution in [0.4, 0.5) is 0 Å². The summed E-state index contributed by atoms with van der Waals surface area (Å²) < 4.78 is 2.52. The lowest BCUT2D eigenvalue weighted by Crippen LogP contribution is -2.48. The zero-order valence-corrected chi connectivity index (χ0v) is 11.3. The van der Waals surface area contributed by atoms with E-state index < -0.39 is 0 Å². The Balaban J connectivity index is 1.98. The summed E-state index contributed by atoms with van der Waals surface area (Å²) in [5.41, 5.74) is 0. The van der Waals surface area contributed by atoms with Crippen molar-refractivity contribution in [3.8, 4) is 0 Å². The first-order valence-corrected chi connectivity index (χ1v) is 7.82. The van der Waals surface area contributed by atoms with Crippen LogP contribution >= 0.6 is 20.3 Å². The molecule has 2 bridgehead atoms. The predicted octanol–water partition coefficient (Wildman–Crippen LogP) is 1.08. The first kappa shape index (κ1) is 12.1. The molecule has 0 saturated carbocycles. The molecular formula is C9H21N4PS. The van der Waals surface area contributed by atoms with Crippen molar-refractivity contribution >= 4 is 20.3 Å². The van der Waals surface area contributed by atoms with Crippen LogP contribution in [-0.2, 0) is 0 Å². The van der Waals surface area contributed by atoms with Gasteiger partial charge in [0, 0.05) is 44.5 Å². The molecule has 0 unspecified atom stereocenters. The number of hydrogen-bond acceptors (Lipinski definition) is 5. The Morgan fingerprint density at radius 1 is 1.07 bits per heavy atom. The fraction of sp³-hybridized carbons (Fsp3) is 1.00. The average molecular weight is 248 g/mol. The summed E-state index contributed by atoms with van der Waals surface area (Å²) in [7, 11) is -0.304. The monoisotopic (exact) mass is 248 g/mol. The van der Waals surface area contributed by atoms with Gasteiger partial charge < -0.3 is 0 Å². The lowest BCUT2D eigenvalue weighted by atomic mass is 10.4. The topological polar surface area (TPSA) is 30.5 Å². The van der Waals surface area contributed by atoms with Crippen LogP contribution in [0.2, 0.25) is 0 Å². The molecule has 3 rings (SSSR count). The van der Waals surface area contributed by atoms with Crippen molar-refractivity contribution in [2.45, 2.75) is 19.1 Å². The van der Waals surface area contributed by atoms with E-state index in [1.165, 1.54) is 26.2 Å². The first-order valence-electron chi connectivity index (χ1n) is 5.69. The zero-order valence-electron chi connectivity index (χ0n) is 9.57. The maximum absolute atomic E-state index is 3.63. The van der Waals surface area contributed by atoms with Gasteiger partial charge in [0.15, 0.2) is 0 Å². The van der Waals surface area contributed by atoms with Gasteiger partial charge in [-0.2, -0.15) is 0 Å². The lowest BCUT2D eigenvalue weighted by molar-refractivity contribution is 0.262. The van der Waals surface area contributed by atoms with E-state index in [0.29, 0.717) is 5.25 Å². The fourth-order valence-electron chi connectivity index (χ4n) is 1.85. The average Bonchev–Trinajstić information content (AvgIpc) is 2.08. The van der Waals surface area contributed by atoms with E-state index in [0.717, 1.165) is 13.1 Å². The highest BCUT2D eigenvalue weighted by Gasteiger charge is 2.25. The second-order valence-corrected chi connectivity index (χ2v) is 7.80. The van der Waals surface area contributed by atoms with Gasteiger partial charge in [-0.1, -0.05) is 25.8 Å². The van der Waals surface area contributed by atoms with Gasteiger partial charge in [0.05, 0.1) is 0 Å². The molecular weight excluding hydrogens is 227 g/mol. The summed E-state index contributed by atoms with van der Waals surface area (Å²) in [6, 6.07) is 0. The van der Waals surface area contributed by atoms with Crippen molar-refractivity contribution in [3.63, 3.8) is 0 Å². The third-order valence-electron chi connectivity index (χ3n) is 2.54. The molecule has 0 atom stereocenters. The van der Waals surface area contributed by atoms with Crippen LogP contribution in [0.5, 0.6) is 0 Å². The highest BCUT2D eigenvalue weighted by Crippen LogP contribution is 2.40. The molecule has 3 fully saturated rings. The largest absolute Gasteiger partial charge is 0.299 e. The summed E-state index contributed by atoms with van der Waals surface area (Å²) >= 11 is 1.98. The molecule has 88 valence electrons. The van der Waals surface area contributed by atoms with E-state index in [2.05, 4.69) is 33.0 Å². The van der Waals surface area contributed by atoms with Crippen molar-refractivity contribution in [1.29, 1.82) is 0 Å². The Hall–Kier alpha value is 0.620. The van der Waals surface area contributed by atoms with E-state index in [4.69, 9.17) is 0 Å². The second-order valence-electron chi connectivity index (χ2n) is 4.20. The van der Waals surface area contributed by atoms with Crippen LogP contribution < -0.4 is 10.2 Å². The normalized spacial score (nSPS) is 33.8. The molecule has 0 spiro atoms. The van der Waals surface area contributed by atoms with Gasteiger partial charge in [0.1, 0.15) is 8.37 Å². The Bertz CT molecular complexity index is 195. The van der Waals surface area contributed by atoms with Crippen LogP contribution in [0.1, 0.15) is 13.8 Å². The highest BCUT2D eigenvalue weighted by molar-refractivity contribution is 8.01. The Labute approximate surface area is 98.2 Å². The molecule has 6 heteroatoms. The summed E-state index contributed by atoms with van der Waals surface area (Å²) in [5.74, 6) is 0. The van der Waals surface area contributed by atoms with E-state index in [9.17, 15) is 0 Å². The maximum Gasteiger partial charge on any atom is 0.124 e. The SMILES string of the molecule is CC(C)SN1CCN2CCNP1NCC2. The Kier molecular flexibility index (Phi) is 4.68. The Morgan fingerprint density at radius 2 is 1.73 bits per heavy atom. The number of nitrogens with zero attached hydrogens (tertiary/aromatic N) is 2. The molecule has 15 heavy (non-hydrogen) atoms. The van der Waals surface area contributed by atoms with Crippen molar-refractivity contribution in [3.05, 3.63) is 0 Å². The number of nitrogens with one attached hydrogen (secondary N) is 2. The molecule has 0 radical (unpaired) electrons. The first-order chi connectivity index (χ1) is 7.25. The fourth-order valence-corrected chi connectivity index (χ4v) is 5.15. The molecule has 0 amide bonds. The van der Waals surface area contributed by atoms with Crippen molar-refractivity contribution < 1.29 is 0 Å². The summed E-state index contributed by atoms with van der Waals surface area (Å²) in [5, 5.41) is 7.92. The third kappa shape index (κ3) is 3.55. The van der Waals surface area contributed by atoms with Crippen LogP contribution in [-0.4, -0.2) is 53.5 Å². The van der Waals surface area contributed by atoms with Crippen LogP contribution in [0.3, 0.4) is 0 Å². The minimum Gasteiger partial charge on any atom is -0.299 e. The van der Waals surface area contributed by atoms with Gasteiger partial charge in [0.25, 0.3) is 0 Å². The van der Waals surface area contributed by atoms with E-state index in [-0.39, 0.29) is 8.37 Å². The van der Waals surface area contributed by atoms with Gasteiger partial charge in [-0.3, -0.25) is 15.1 Å². The number of fused-ring (bicyclic) bond motifs is 6. The molecule has 4 nitrogen and oxygen atoms in total. The molecule has 3 saturated heterocycles. The van der Waals surface area contributed by atoms with Gasteiger partial charge in [-0.25, -0.2) is 4.08 Å². The molecule has 3 heterocycles. The van der Waals surface area contributed by atoms with Crippen LogP contribution in [0.15, 0.2) is 0 Å². The molecule has 0 aliphatic carbocycles. The molecule has 0 aromatic rings. The molecule has 0 aromatic carbocycles. The summed E-state index contributed by atoms with van der Waals surface area (Å²) in [6.45, 7) is 11.6. The Morgan fingerprint density at radius 3 is 2.33 bits per heavy atom. The van der Waals surface area contributed by atoms with Gasteiger partial charge in [-0.05, 0) is 0 Å². The van der Waals surface area contributed by atoms with Crippen LogP contribution in [0.25, 0.3) is 0 Å². The summed E-state index contributed by atoms with van der Waals surface area (Å²) in [6.07, 6.45) is 0. The lowest BCUT2D eigenvalue weighted by Gasteiger charge is -2.40. The van der Waals surface area contributed by atoms with Gasteiger partial charge >= 0.3 is 0 Å². The van der Waals surface area contributed by atoms with E-state index in [1.807, 2.05) is 11.9 Å². The van der Waals surface area contributed by atoms with E-state index >= 15 is 0 Å². The summed E-state index contributed by atoms with van der Waals surface area (Å²) in [4.78, 5) is 2.54. The van der Waals surface area contributed by atoms with E-state index in [1.54, 1.807) is 0 Å². The molecule has 3 aliphatic heterocycles. The molecule has 2 N–H and O–H groups in total. The highest BCUT2D eigenvalue weighted by atomic mass is 32.2. The maximum atomic E-state index is 3.63. The van der Waals surface area contributed by atoms with Crippen molar-refractivity contribution in [2.75, 3.05) is 39.3 Å². The quantitative estimate of drug-likeness (QED) is 0.564. The standard InChI is InChI=1S/C9H21N4PS/c1-9(2)15-13-8-7-12-5-3-10-14(13)11-4-6-12/h9-11H,3-8H2,1-2H3. The van der Waals surface area contributed by atoms with Crippen LogP contribution in [0, 0.1) is 0 Å². The van der Waals surface area contributed by atoms with Crippen molar-refractivity contribution in [1.82, 2.24) is 19.2 Å². The number of rotatable bonds is 2. The number of hydrogen-bond donors (Lipinski definition) is 2. The third-order valence-corrected chi connectivity index (χ3v) is 5.86. The second kappa shape index (κ2) is 5.80. The minimum atomic E-state index is -0.304. The van der Waals surface area contributed by atoms with Gasteiger partial charge in [-0.15, -0.1) is 0 Å². The zero-order chi connectivity index (χ0) is 10.7. The predicted molar refractivity (Wildman–Crippen MR) is 68.8 cm³/mol. The smallest absolute Gasteiger partial charge is 0.124 e. The van der Waals surface area contributed by atoms with Crippen molar-refractivity contribution in [2.24, 2.45) is 0 Å². The van der Waals surface area contributed by atoms with Gasteiger partial charge in [0.2, 0.25) is 0 Å². The molecule has 3 aliphatic rings. The minimum absolute atomic E-state index is 0.304.